The van der Waals surface area contributed by atoms with Gasteiger partial charge in [0.2, 0.25) is 5.91 Å². The van der Waals surface area contributed by atoms with Gasteiger partial charge in [0, 0.05) is 17.0 Å². The Labute approximate surface area is 178 Å². The molecular formula is C22H20ClN3O4. The summed E-state index contributed by atoms with van der Waals surface area (Å²) in [6.45, 7) is 1.82. The Morgan fingerprint density at radius 1 is 1.17 bits per heavy atom. The van der Waals surface area contributed by atoms with Crippen molar-refractivity contribution < 1.29 is 19.1 Å². The number of Topliss-reactive ketones (excluding diaryl/α,β-unsaturated/α-hetero) is 1. The highest BCUT2D eigenvalue weighted by Crippen LogP contribution is 2.41. The van der Waals surface area contributed by atoms with Crippen molar-refractivity contribution >= 4 is 29.1 Å². The van der Waals surface area contributed by atoms with Gasteiger partial charge in [0.1, 0.15) is 22.9 Å². The number of nitrogens with zero attached hydrogens (tertiary/aromatic N) is 2. The van der Waals surface area contributed by atoms with Crippen LogP contribution in [-0.2, 0) is 4.79 Å². The van der Waals surface area contributed by atoms with Crippen molar-refractivity contribution in [2.75, 3.05) is 19.5 Å². The number of aromatic nitrogens is 2. The summed E-state index contributed by atoms with van der Waals surface area (Å²) in [5.41, 5.74) is 2.32. The van der Waals surface area contributed by atoms with Crippen molar-refractivity contribution in [1.29, 1.82) is 0 Å². The predicted molar refractivity (Wildman–Crippen MR) is 113 cm³/mol. The van der Waals surface area contributed by atoms with Crippen LogP contribution in [0, 0.1) is 6.92 Å². The van der Waals surface area contributed by atoms with Gasteiger partial charge in [-0.3, -0.25) is 9.59 Å². The van der Waals surface area contributed by atoms with E-state index >= 15 is 0 Å². The summed E-state index contributed by atoms with van der Waals surface area (Å²) in [4.78, 5) is 26.2. The van der Waals surface area contributed by atoms with Crippen LogP contribution in [0.15, 0.2) is 42.5 Å². The van der Waals surface area contributed by atoms with E-state index in [9.17, 15) is 9.59 Å². The highest BCUT2D eigenvalue weighted by Gasteiger charge is 2.38. The number of ether oxygens (including phenoxy) is 2. The zero-order valence-electron chi connectivity index (χ0n) is 16.7. The Hall–Kier alpha value is -3.32. The lowest BCUT2D eigenvalue weighted by Crippen LogP contribution is -2.29. The number of hydrogen-bond acceptors (Lipinski definition) is 5. The fourth-order valence-corrected chi connectivity index (χ4v) is 4.02. The van der Waals surface area contributed by atoms with Crippen LogP contribution in [0.25, 0.3) is 5.69 Å². The number of nitrogens with one attached hydrogen (secondary N) is 1. The molecule has 7 nitrogen and oxygen atoms in total. The minimum atomic E-state index is -0.716. The monoisotopic (exact) mass is 425 g/mol. The molecule has 0 saturated carbocycles. The topological polar surface area (TPSA) is 82.4 Å². The lowest BCUT2D eigenvalue weighted by Gasteiger charge is -2.24. The molecule has 1 aromatic heterocycles. The third kappa shape index (κ3) is 3.31. The van der Waals surface area contributed by atoms with Crippen molar-refractivity contribution in [1.82, 2.24) is 9.78 Å². The summed E-state index contributed by atoms with van der Waals surface area (Å²) in [5.74, 6) is 0.0238. The predicted octanol–water partition coefficient (Wildman–Crippen LogP) is 4.16. The highest BCUT2D eigenvalue weighted by molar-refractivity contribution is 6.30. The van der Waals surface area contributed by atoms with Gasteiger partial charge in [-0.15, -0.1) is 0 Å². The third-order valence-electron chi connectivity index (χ3n) is 5.15. The Bertz CT molecular complexity index is 1130. The Morgan fingerprint density at radius 3 is 2.47 bits per heavy atom. The molecule has 4 rings (SSSR count). The molecule has 30 heavy (non-hydrogen) atoms. The molecule has 0 saturated heterocycles. The van der Waals surface area contributed by atoms with Crippen molar-refractivity contribution in [2.24, 2.45) is 0 Å². The fraction of sp³-hybridized carbons (Fsp3) is 0.227. The molecule has 3 aromatic rings. The smallest absolute Gasteiger partial charge is 0.226 e. The maximum atomic E-state index is 13.6. The van der Waals surface area contributed by atoms with Crippen molar-refractivity contribution in [3.8, 4) is 17.2 Å². The van der Waals surface area contributed by atoms with E-state index in [0.717, 1.165) is 0 Å². The molecule has 0 aliphatic carbocycles. The molecule has 1 aliphatic heterocycles. The van der Waals surface area contributed by atoms with E-state index in [2.05, 4.69) is 10.4 Å². The van der Waals surface area contributed by atoms with Crippen LogP contribution in [0.4, 0.5) is 5.82 Å². The molecule has 0 bridgehead atoms. The highest BCUT2D eigenvalue weighted by atomic mass is 35.5. The molecule has 8 heteroatoms. The first kappa shape index (κ1) is 20.0. The van der Waals surface area contributed by atoms with Crippen molar-refractivity contribution in [3.05, 3.63) is 64.3 Å². The van der Waals surface area contributed by atoms with Gasteiger partial charge in [-0.1, -0.05) is 23.7 Å². The van der Waals surface area contributed by atoms with Gasteiger partial charge in [0.15, 0.2) is 5.78 Å². The van der Waals surface area contributed by atoms with Gasteiger partial charge in [-0.05, 0) is 37.3 Å². The van der Waals surface area contributed by atoms with E-state index in [1.54, 1.807) is 41.1 Å². The van der Waals surface area contributed by atoms with E-state index < -0.39 is 5.92 Å². The second-order valence-corrected chi connectivity index (χ2v) is 7.38. The van der Waals surface area contributed by atoms with Crippen LogP contribution < -0.4 is 14.8 Å². The van der Waals surface area contributed by atoms with Crippen LogP contribution in [0.3, 0.4) is 0 Å². The van der Waals surface area contributed by atoms with Gasteiger partial charge in [0.05, 0.1) is 31.5 Å². The number of carbonyl (C=O) groups excluding carboxylic acids is 2. The Kier molecular flexibility index (Phi) is 5.22. The molecule has 0 fully saturated rings. The minimum absolute atomic E-state index is 0.00904. The number of halogens is 1. The quantitative estimate of drug-likeness (QED) is 0.620. The number of methoxy groups -OCH3 is 2. The number of aryl methyl sites for hydroxylation is 1. The second-order valence-electron chi connectivity index (χ2n) is 6.95. The van der Waals surface area contributed by atoms with Gasteiger partial charge in [-0.25, -0.2) is 4.68 Å². The number of carbonyl (C=O) groups is 2. The average molecular weight is 426 g/mol. The Balaban J connectivity index is 1.86. The van der Waals surface area contributed by atoms with Crippen molar-refractivity contribution in [2.45, 2.75) is 19.3 Å². The van der Waals surface area contributed by atoms with Gasteiger partial charge in [-0.2, -0.15) is 5.10 Å². The van der Waals surface area contributed by atoms with Gasteiger partial charge < -0.3 is 14.8 Å². The summed E-state index contributed by atoms with van der Waals surface area (Å²) in [6, 6.07) is 12.3. The van der Waals surface area contributed by atoms with E-state index in [-0.39, 0.29) is 18.1 Å². The summed E-state index contributed by atoms with van der Waals surface area (Å²) in [6.07, 6.45) is 0.00904. The number of amides is 1. The summed E-state index contributed by atoms with van der Waals surface area (Å²) < 4.78 is 12.4. The van der Waals surface area contributed by atoms with Gasteiger partial charge in [0.25, 0.3) is 0 Å². The zero-order chi connectivity index (χ0) is 21.4. The number of benzene rings is 2. The molecule has 0 spiro atoms. The molecule has 1 atom stereocenters. The first-order valence-corrected chi connectivity index (χ1v) is 9.73. The van der Waals surface area contributed by atoms with Crippen LogP contribution in [0.2, 0.25) is 5.02 Å². The number of anilines is 1. The molecule has 2 aromatic carbocycles. The van der Waals surface area contributed by atoms with Gasteiger partial charge >= 0.3 is 0 Å². The minimum Gasteiger partial charge on any atom is -0.496 e. The van der Waals surface area contributed by atoms with Crippen LogP contribution in [0.5, 0.6) is 11.5 Å². The summed E-state index contributed by atoms with van der Waals surface area (Å²) in [7, 11) is 2.99. The normalized spacial score (nSPS) is 15.3. The second kappa shape index (κ2) is 7.84. The fourth-order valence-electron chi connectivity index (χ4n) is 3.83. The maximum Gasteiger partial charge on any atom is 0.226 e. The molecule has 1 N–H and O–H groups in total. The lowest BCUT2D eigenvalue weighted by molar-refractivity contribution is -0.116. The largest absolute Gasteiger partial charge is 0.496 e. The molecule has 2 heterocycles. The number of fused-ring (bicyclic) bond motifs is 1. The zero-order valence-corrected chi connectivity index (χ0v) is 17.5. The third-order valence-corrected chi connectivity index (χ3v) is 5.38. The SMILES string of the molecule is COc1cccc(OC)c1C(=O)[C@H]1CC(=O)Nc2c1c(C)nn2-c1cccc(Cl)c1. The van der Waals surface area contributed by atoms with E-state index in [1.807, 2.05) is 13.0 Å². The summed E-state index contributed by atoms with van der Waals surface area (Å²) in [5, 5.41) is 7.99. The van der Waals surface area contributed by atoms with Crippen LogP contribution in [-0.4, -0.2) is 35.7 Å². The molecular weight excluding hydrogens is 406 g/mol. The van der Waals surface area contributed by atoms with E-state index in [0.29, 0.717) is 44.8 Å². The molecule has 0 unspecified atom stereocenters. The van der Waals surface area contributed by atoms with Crippen molar-refractivity contribution in [3.63, 3.8) is 0 Å². The molecule has 1 aliphatic rings. The van der Waals surface area contributed by atoms with E-state index in [1.165, 1.54) is 14.2 Å². The number of ketones is 1. The molecule has 1 amide bonds. The lowest BCUT2D eigenvalue weighted by atomic mass is 9.85. The average Bonchev–Trinajstić information content (AvgIpc) is 3.08. The standard InChI is InChI=1S/C22H20ClN3O4/c1-12-19-15(21(28)20-16(29-2)8-5-9-17(20)30-3)11-18(27)24-22(19)26(25-12)14-7-4-6-13(23)10-14/h4-10,15H,11H2,1-3H3,(H,24,27)/t15-/m0/s1. The molecule has 154 valence electrons. The van der Waals surface area contributed by atoms with Crippen LogP contribution >= 0.6 is 11.6 Å². The first-order valence-electron chi connectivity index (χ1n) is 9.35. The maximum absolute atomic E-state index is 13.6. The van der Waals surface area contributed by atoms with Crippen LogP contribution in [0.1, 0.15) is 34.0 Å². The Morgan fingerprint density at radius 2 is 1.83 bits per heavy atom. The number of rotatable bonds is 5. The molecule has 0 radical (unpaired) electrons. The van der Waals surface area contributed by atoms with E-state index in [4.69, 9.17) is 21.1 Å². The number of hydrogen-bond donors (Lipinski definition) is 1. The first-order chi connectivity index (χ1) is 14.4. The summed E-state index contributed by atoms with van der Waals surface area (Å²) >= 11 is 6.13.